The second-order valence-corrected chi connectivity index (χ2v) is 3.17. The number of ether oxygens (including phenoxy) is 1. The van der Waals surface area contributed by atoms with Crippen molar-refractivity contribution in [2.75, 3.05) is 7.11 Å². The first kappa shape index (κ1) is 9.95. The Balaban J connectivity index is 2.74. The maximum absolute atomic E-state index is 9.20. The Bertz CT molecular complexity index is 487. The Morgan fingerprint density at radius 3 is 2.80 bits per heavy atom. The summed E-state index contributed by atoms with van der Waals surface area (Å²) in [4.78, 5) is 4.10. The fraction of sp³-hybridized carbons (Fsp3) is 0.100. The lowest BCUT2D eigenvalue weighted by molar-refractivity contribution is 0.413. The lowest BCUT2D eigenvalue weighted by Gasteiger charge is -2.07. The molecule has 1 aromatic carbocycles. The SMILES string of the molecule is COc1cc(B(O)O)c2ncccc2c1. The average molecular weight is 203 g/mol. The van der Waals surface area contributed by atoms with E-state index in [0.29, 0.717) is 16.7 Å². The summed E-state index contributed by atoms with van der Waals surface area (Å²) in [5, 5.41) is 19.2. The van der Waals surface area contributed by atoms with Crippen LogP contribution in [0.25, 0.3) is 10.9 Å². The highest BCUT2D eigenvalue weighted by Crippen LogP contribution is 2.17. The molecule has 0 spiro atoms. The number of nitrogens with zero attached hydrogens (tertiary/aromatic N) is 1. The molecule has 1 aromatic heterocycles. The van der Waals surface area contributed by atoms with Crippen molar-refractivity contribution in [2.45, 2.75) is 0 Å². The van der Waals surface area contributed by atoms with Gasteiger partial charge >= 0.3 is 7.12 Å². The minimum absolute atomic E-state index is 0.352. The van der Waals surface area contributed by atoms with E-state index in [1.54, 1.807) is 24.4 Å². The Kier molecular flexibility index (Phi) is 2.57. The van der Waals surface area contributed by atoms with Gasteiger partial charge in [0.1, 0.15) is 5.75 Å². The van der Waals surface area contributed by atoms with Gasteiger partial charge in [0.25, 0.3) is 0 Å². The predicted octanol–water partition coefficient (Wildman–Crippen LogP) is -0.0768. The van der Waals surface area contributed by atoms with E-state index in [2.05, 4.69) is 4.98 Å². The Morgan fingerprint density at radius 2 is 2.13 bits per heavy atom. The van der Waals surface area contributed by atoms with Crippen molar-refractivity contribution >= 4 is 23.5 Å². The van der Waals surface area contributed by atoms with Crippen LogP contribution in [0.2, 0.25) is 0 Å². The van der Waals surface area contributed by atoms with E-state index >= 15 is 0 Å². The summed E-state index contributed by atoms with van der Waals surface area (Å²) >= 11 is 0. The third-order valence-electron chi connectivity index (χ3n) is 2.22. The third kappa shape index (κ3) is 1.79. The molecule has 0 aliphatic heterocycles. The van der Waals surface area contributed by atoms with E-state index in [9.17, 15) is 10.0 Å². The molecule has 5 heteroatoms. The van der Waals surface area contributed by atoms with Crippen molar-refractivity contribution in [1.29, 1.82) is 0 Å². The lowest BCUT2D eigenvalue weighted by Crippen LogP contribution is -2.31. The van der Waals surface area contributed by atoms with Crippen LogP contribution in [0.4, 0.5) is 0 Å². The van der Waals surface area contributed by atoms with Crippen LogP contribution in [0.15, 0.2) is 30.5 Å². The van der Waals surface area contributed by atoms with Crippen molar-refractivity contribution in [3.05, 3.63) is 30.5 Å². The minimum atomic E-state index is -1.54. The highest BCUT2D eigenvalue weighted by molar-refractivity contribution is 6.61. The van der Waals surface area contributed by atoms with E-state index in [-0.39, 0.29) is 0 Å². The van der Waals surface area contributed by atoms with Crippen LogP contribution in [-0.4, -0.2) is 29.3 Å². The van der Waals surface area contributed by atoms with Gasteiger partial charge in [-0.2, -0.15) is 0 Å². The largest absolute Gasteiger partial charge is 0.497 e. The molecule has 0 fully saturated rings. The molecule has 0 atom stereocenters. The molecule has 0 amide bonds. The van der Waals surface area contributed by atoms with Gasteiger partial charge < -0.3 is 14.8 Å². The van der Waals surface area contributed by atoms with Crippen molar-refractivity contribution in [3.63, 3.8) is 0 Å². The van der Waals surface area contributed by atoms with Crippen LogP contribution in [0, 0.1) is 0 Å². The quantitative estimate of drug-likeness (QED) is 0.670. The number of aromatic nitrogens is 1. The second-order valence-electron chi connectivity index (χ2n) is 3.17. The standard InChI is InChI=1S/C10H10BNO3/c1-15-8-5-7-3-2-4-12-10(7)9(6-8)11(13)14/h2-6,13-14H,1H3. The number of hydrogen-bond donors (Lipinski definition) is 2. The number of hydrogen-bond acceptors (Lipinski definition) is 4. The second kappa shape index (κ2) is 3.88. The van der Waals surface area contributed by atoms with Crippen molar-refractivity contribution < 1.29 is 14.8 Å². The van der Waals surface area contributed by atoms with Crippen molar-refractivity contribution in [1.82, 2.24) is 4.98 Å². The van der Waals surface area contributed by atoms with Crippen LogP contribution < -0.4 is 10.2 Å². The zero-order valence-electron chi connectivity index (χ0n) is 8.21. The molecule has 0 saturated heterocycles. The molecule has 0 unspecified atom stereocenters. The molecule has 2 aromatic rings. The number of methoxy groups -OCH3 is 1. The van der Waals surface area contributed by atoms with Crippen LogP contribution in [-0.2, 0) is 0 Å². The summed E-state index contributed by atoms with van der Waals surface area (Å²) in [5.41, 5.74) is 0.929. The topological polar surface area (TPSA) is 62.6 Å². The Hall–Kier alpha value is -1.59. The third-order valence-corrected chi connectivity index (χ3v) is 2.22. The molecule has 0 saturated carbocycles. The first-order chi connectivity index (χ1) is 7.22. The van der Waals surface area contributed by atoms with E-state index in [1.165, 1.54) is 7.11 Å². The van der Waals surface area contributed by atoms with E-state index < -0.39 is 7.12 Å². The van der Waals surface area contributed by atoms with Gasteiger partial charge in [-0.05, 0) is 18.2 Å². The van der Waals surface area contributed by atoms with Crippen LogP contribution in [0.5, 0.6) is 5.75 Å². The molecule has 0 bridgehead atoms. The molecule has 0 aliphatic rings. The molecular weight excluding hydrogens is 193 g/mol. The zero-order chi connectivity index (χ0) is 10.8. The van der Waals surface area contributed by atoms with Gasteiger partial charge in [-0.25, -0.2) is 0 Å². The summed E-state index contributed by atoms with van der Waals surface area (Å²) in [6.45, 7) is 0. The normalized spacial score (nSPS) is 10.3. The van der Waals surface area contributed by atoms with E-state index in [0.717, 1.165) is 5.39 Å². The molecule has 15 heavy (non-hydrogen) atoms. The Labute approximate surface area is 87.3 Å². The van der Waals surface area contributed by atoms with E-state index in [4.69, 9.17) is 4.74 Å². The summed E-state index contributed by atoms with van der Waals surface area (Å²) in [6, 6.07) is 7.00. The fourth-order valence-corrected chi connectivity index (χ4v) is 1.51. The summed E-state index contributed by atoms with van der Waals surface area (Å²) in [6.07, 6.45) is 1.61. The fourth-order valence-electron chi connectivity index (χ4n) is 1.51. The molecule has 4 nitrogen and oxygen atoms in total. The monoisotopic (exact) mass is 203 g/mol. The molecule has 1 heterocycles. The van der Waals surface area contributed by atoms with Gasteiger partial charge in [-0.1, -0.05) is 6.07 Å². The number of fused-ring (bicyclic) bond motifs is 1. The highest BCUT2D eigenvalue weighted by atomic mass is 16.5. The molecule has 2 N–H and O–H groups in total. The molecule has 2 rings (SSSR count). The smallest absolute Gasteiger partial charge is 0.490 e. The van der Waals surface area contributed by atoms with Gasteiger partial charge in [-0.15, -0.1) is 0 Å². The molecule has 0 aliphatic carbocycles. The minimum Gasteiger partial charge on any atom is -0.497 e. The maximum atomic E-state index is 9.20. The van der Waals surface area contributed by atoms with Crippen LogP contribution in [0.3, 0.4) is 0 Å². The Morgan fingerprint density at radius 1 is 1.33 bits per heavy atom. The van der Waals surface area contributed by atoms with Crippen LogP contribution >= 0.6 is 0 Å². The molecule has 76 valence electrons. The number of rotatable bonds is 2. The lowest BCUT2D eigenvalue weighted by atomic mass is 9.78. The van der Waals surface area contributed by atoms with Gasteiger partial charge in [0.05, 0.1) is 12.6 Å². The summed E-state index contributed by atoms with van der Waals surface area (Å²) in [7, 11) is -0.0112. The number of benzene rings is 1. The van der Waals surface area contributed by atoms with Gasteiger partial charge in [0.2, 0.25) is 0 Å². The average Bonchev–Trinajstić information content (AvgIpc) is 2.27. The first-order valence-corrected chi connectivity index (χ1v) is 4.51. The van der Waals surface area contributed by atoms with Gasteiger partial charge in [0.15, 0.2) is 0 Å². The van der Waals surface area contributed by atoms with Gasteiger partial charge in [-0.3, -0.25) is 4.98 Å². The highest BCUT2D eigenvalue weighted by Gasteiger charge is 2.16. The molecule has 0 radical (unpaired) electrons. The predicted molar refractivity (Wildman–Crippen MR) is 58.1 cm³/mol. The maximum Gasteiger partial charge on any atom is 0.490 e. The zero-order valence-corrected chi connectivity index (χ0v) is 8.21. The summed E-state index contributed by atoms with van der Waals surface area (Å²) < 4.78 is 5.06. The number of pyridine rings is 1. The van der Waals surface area contributed by atoms with E-state index in [1.807, 2.05) is 6.07 Å². The summed E-state index contributed by atoms with van der Waals surface area (Å²) in [5.74, 6) is 0.582. The van der Waals surface area contributed by atoms with Crippen molar-refractivity contribution in [2.24, 2.45) is 0 Å². The van der Waals surface area contributed by atoms with Crippen molar-refractivity contribution in [3.8, 4) is 5.75 Å². The first-order valence-electron chi connectivity index (χ1n) is 4.51. The van der Waals surface area contributed by atoms with Gasteiger partial charge in [0, 0.05) is 17.0 Å². The van der Waals surface area contributed by atoms with Crippen LogP contribution in [0.1, 0.15) is 0 Å². The molecular formula is C10H10BNO3.